The molecule has 0 saturated carbocycles. The molecule has 21 heavy (non-hydrogen) atoms. The largest absolute Gasteiger partial charge is 0.352 e. The first-order valence-electron chi connectivity index (χ1n) is 6.99. The Morgan fingerprint density at radius 1 is 0.905 bits per heavy atom. The second-order valence-corrected chi connectivity index (χ2v) is 6.40. The SMILES string of the molecule is Fc1ccccc1Nc1cccc2c1SC1C=CC=CC21. The van der Waals surface area contributed by atoms with Gasteiger partial charge < -0.3 is 5.32 Å². The third-order valence-corrected chi connectivity index (χ3v) is 5.30. The van der Waals surface area contributed by atoms with E-state index in [9.17, 15) is 4.39 Å². The van der Waals surface area contributed by atoms with Crippen LogP contribution in [0.4, 0.5) is 15.8 Å². The number of rotatable bonds is 2. The van der Waals surface area contributed by atoms with Gasteiger partial charge in [-0.2, -0.15) is 0 Å². The molecule has 2 aromatic rings. The Kier molecular flexibility index (Phi) is 3.08. The van der Waals surface area contributed by atoms with Gasteiger partial charge in [0.15, 0.2) is 0 Å². The van der Waals surface area contributed by atoms with Crippen molar-refractivity contribution in [3.05, 3.63) is 78.1 Å². The summed E-state index contributed by atoms with van der Waals surface area (Å²) < 4.78 is 13.8. The van der Waals surface area contributed by atoms with E-state index in [0.717, 1.165) is 5.69 Å². The van der Waals surface area contributed by atoms with Gasteiger partial charge in [0.25, 0.3) is 0 Å². The summed E-state index contributed by atoms with van der Waals surface area (Å²) in [6, 6.07) is 13.0. The van der Waals surface area contributed by atoms with Gasteiger partial charge in [0.1, 0.15) is 5.82 Å². The number of thioether (sulfide) groups is 1. The fraction of sp³-hybridized carbons (Fsp3) is 0.111. The van der Waals surface area contributed by atoms with Gasteiger partial charge >= 0.3 is 0 Å². The molecule has 2 aromatic carbocycles. The van der Waals surface area contributed by atoms with Crippen molar-refractivity contribution in [3.8, 4) is 0 Å². The third kappa shape index (κ3) is 2.18. The number of para-hydroxylation sites is 1. The highest BCUT2D eigenvalue weighted by atomic mass is 32.2. The maximum atomic E-state index is 13.8. The number of benzene rings is 2. The predicted molar refractivity (Wildman–Crippen MR) is 86.8 cm³/mol. The van der Waals surface area contributed by atoms with Gasteiger partial charge in [-0.3, -0.25) is 0 Å². The van der Waals surface area contributed by atoms with E-state index in [0.29, 0.717) is 16.9 Å². The smallest absolute Gasteiger partial charge is 0.146 e. The first-order valence-corrected chi connectivity index (χ1v) is 7.87. The summed E-state index contributed by atoms with van der Waals surface area (Å²) in [6.07, 6.45) is 8.69. The van der Waals surface area contributed by atoms with Crippen LogP contribution < -0.4 is 5.32 Å². The molecule has 1 nitrogen and oxygen atoms in total. The Balaban J connectivity index is 1.73. The van der Waals surface area contributed by atoms with Crippen LogP contribution >= 0.6 is 11.8 Å². The first kappa shape index (κ1) is 12.7. The minimum atomic E-state index is -0.227. The molecule has 0 saturated heterocycles. The van der Waals surface area contributed by atoms with Gasteiger partial charge in [0, 0.05) is 16.1 Å². The summed E-state index contributed by atoms with van der Waals surface area (Å²) in [6.45, 7) is 0. The van der Waals surface area contributed by atoms with Crippen molar-refractivity contribution in [2.75, 3.05) is 5.32 Å². The molecule has 0 spiro atoms. The number of fused-ring (bicyclic) bond motifs is 3. The van der Waals surface area contributed by atoms with Crippen LogP contribution in [0.25, 0.3) is 0 Å². The zero-order chi connectivity index (χ0) is 14.2. The summed E-state index contributed by atoms with van der Waals surface area (Å²) in [5.41, 5.74) is 2.83. The highest BCUT2D eigenvalue weighted by molar-refractivity contribution is 8.00. The van der Waals surface area contributed by atoms with Crippen molar-refractivity contribution in [2.24, 2.45) is 0 Å². The molecule has 1 aliphatic heterocycles. The lowest BCUT2D eigenvalue weighted by atomic mass is 9.92. The van der Waals surface area contributed by atoms with Crippen LogP contribution in [-0.4, -0.2) is 5.25 Å². The van der Waals surface area contributed by atoms with Crippen LogP contribution in [0.2, 0.25) is 0 Å². The molecule has 0 radical (unpaired) electrons. The van der Waals surface area contributed by atoms with Crippen molar-refractivity contribution in [2.45, 2.75) is 16.1 Å². The lowest BCUT2D eigenvalue weighted by molar-refractivity contribution is 0.632. The Bertz CT molecular complexity index is 751. The number of anilines is 2. The molecule has 0 amide bonds. The molecule has 0 bridgehead atoms. The fourth-order valence-electron chi connectivity index (χ4n) is 2.87. The monoisotopic (exact) mass is 295 g/mol. The van der Waals surface area contributed by atoms with Gasteiger partial charge in [-0.1, -0.05) is 48.6 Å². The van der Waals surface area contributed by atoms with E-state index in [1.807, 2.05) is 30.0 Å². The number of halogens is 1. The van der Waals surface area contributed by atoms with Crippen molar-refractivity contribution in [1.82, 2.24) is 0 Å². The Labute approximate surface area is 127 Å². The molecule has 0 aromatic heterocycles. The van der Waals surface area contributed by atoms with Gasteiger partial charge in [-0.05, 0) is 23.8 Å². The molecule has 3 heteroatoms. The quantitative estimate of drug-likeness (QED) is 0.811. The summed E-state index contributed by atoms with van der Waals surface area (Å²) in [4.78, 5) is 1.23. The minimum absolute atomic E-state index is 0.227. The van der Waals surface area contributed by atoms with E-state index in [4.69, 9.17) is 0 Å². The predicted octanol–water partition coefficient (Wildman–Crippen LogP) is 5.25. The Morgan fingerprint density at radius 2 is 1.71 bits per heavy atom. The van der Waals surface area contributed by atoms with Crippen LogP contribution in [0, 0.1) is 5.82 Å². The molecule has 4 rings (SSSR count). The second-order valence-electron chi connectivity index (χ2n) is 5.21. The van der Waals surface area contributed by atoms with E-state index in [2.05, 4.69) is 35.7 Å². The molecular formula is C18H14FNS. The van der Waals surface area contributed by atoms with Gasteiger partial charge in [0.05, 0.1) is 11.4 Å². The summed E-state index contributed by atoms with van der Waals surface area (Å²) >= 11 is 1.85. The lowest BCUT2D eigenvalue weighted by Gasteiger charge is -2.14. The standard InChI is InChI=1S/C18H14FNS/c19-14-8-2-3-9-15(14)20-16-10-5-7-13-12-6-1-4-11-17(12)21-18(13)16/h1-12,17,20H. The molecule has 1 heterocycles. The number of allylic oxidation sites excluding steroid dienone is 3. The zero-order valence-electron chi connectivity index (χ0n) is 11.3. The summed E-state index contributed by atoms with van der Waals surface area (Å²) in [7, 11) is 0. The molecule has 2 unspecified atom stereocenters. The Morgan fingerprint density at radius 3 is 2.62 bits per heavy atom. The number of nitrogens with one attached hydrogen (secondary N) is 1. The van der Waals surface area contributed by atoms with Gasteiger partial charge in [0.2, 0.25) is 0 Å². The molecular weight excluding hydrogens is 281 g/mol. The topological polar surface area (TPSA) is 12.0 Å². The molecule has 2 aliphatic rings. The van der Waals surface area contributed by atoms with Gasteiger partial charge in [-0.25, -0.2) is 4.39 Å². The Hall–Kier alpha value is -2.00. The van der Waals surface area contributed by atoms with E-state index in [1.165, 1.54) is 16.5 Å². The van der Waals surface area contributed by atoms with E-state index >= 15 is 0 Å². The first-order chi connectivity index (χ1) is 10.3. The van der Waals surface area contributed by atoms with Crippen molar-refractivity contribution < 1.29 is 4.39 Å². The molecule has 0 fully saturated rings. The molecule has 104 valence electrons. The van der Waals surface area contributed by atoms with Crippen LogP contribution in [-0.2, 0) is 0 Å². The summed E-state index contributed by atoms with van der Waals surface area (Å²) in [5.74, 6) is 0.202. The third-order valence-electron chi connectivity index (χ3n) is 3.89. The number of hydrogen-bond donors (Lipinski definition) is 1. The van der Waals surface area contributed by atoms with Crippen LogP contribution in [0.3, 0.4) is 0 Å². The summed E-state index contributed by atoms with van der Waals surface area (Å²) in [5, 5.41) is 3.69. The van der Waals surface area contributed by atoms with Crippen LogP contribution in [0.15, 0.2) is 71.7 Å². The fourth-order valence-corrected chi connectivity index (χ4v) is 4.28. The van der Waals surface area contributed by atoms with Crippen molar-refractivity contribution in [3.63, 3.8) is 0 Å². The molecule has 2 atom stereocenters. The average molecular weight is 295 g/mol. The zero-order valence-corrected chi connectivity index (χ0v) is 12.1. The van der Waals surface area contributed by atoms with Crippen molar-refractivity contribution in [1.29, 1.82) is 0 Å². The maximum Gasteiger partial charge on any atom is 0.146 e. The number of hydrogen-bond acceptors (Lipinski definition) is 2. The van der Waals surface area contributed by atoms with Crippen LogP contribution in [0.5, 0.6) is 0 Å². The van der Waals surface area contributed by atoms with E-state index in [-0.39, 0.29) is 5.82 Å². The normalized spacial score (nSPS) is 22.0. The molecule has 1 N–H and O–H groups in total. The maximum absolute atomic E-state index is 13.8. The molecule has 1 aliphatic carbocycles. The average Bonchev–Trinajstić information content (AvgIpc) is 2.89. The minimum Gasteiger partial charge on any atom is -0.352 e. The lowest BCUT2D eigenvalue weighted by Crippen LogP contribution is -2.06. The van der Waals surface area contributed by atoms with Crippen molar-refractivity contribution >= 4 is 23.1 Å². The van der Waals surface area contributed by atoms with E-state index < -0.39 is 0 Å². The van der Waals surface area contributed by atoms with Gasteiger partial charge in [-0.15, -0.1) is 11.8 Å². The highest BCUT2D eigenvalue weighted by Crippen LogP contribution is 2.51. The highest BCUT2D eigenvalue weighted by Gasteiger charge is 2.32. The van der Waals surface area contributed by atoms with E-state index in [1.54, 1.807) is 12.1 Å². The van der Waals surface area contributed by atoms with Crippen LogP contribution in [0.1, 0.15) is 11.5 Å². The second kappa shape index (κ2) is 5.08.